The Labute approximate surface area is 136 Å². The van der Waals surface area contributed by atoms with Crippen molar-refractivity contribution in [2.45, 2.75) is 12.3 Å². The number of hydrogen-bond donors (Lipinski definition) is 2. The van der Waals surface area contributed by atoms with Crippen LogP contribution in [-0.4, -0.2) is 32.0 Å². The van der Waals surface area contributed by atoms with Gasteiger partial charge in [0.1, 0.15) is 11.4 Å². The van der Waals surface area contributed by atoms with E-state index in [0.29, 0.717) is 18.0 Å². The van der Waals surface area contributed by atoms with Gasteiger partial charge in [-0.2, -0.15) is 0 Å². The van der Waals surface area contributed by atoms with Crippen molar-refractivity contribution in [1.29, 1.82) is 0 Å². The number of aromatic carboxylic acids is 1. The first-order chi connectivity index (χ1) is 10.9. The number of carbonyl (C=O) groups excluding carboxylic acids is 1. The lowest BCUT2D eigenvalue weighted by molar-refractivity contribution is 0.0686. The van der Waals surface area contributed by atoms with E-state index in [1.165, 1.54) is 23.7 Å². The number of carbonyl (C=O) groups is 2. The smallest absolute Gasteiger partial charge is 0.352 e. The maximum absolute atomic E-state index is 12.1. The van der Waals surface area contributed by atoms with Crippen LogP contribution in [0.1, 0.15) is 32.1 Å². The highest BCUT2D eigenvalue weighted by atomic mass is 32.2. The van der Waals surface area contributed by atoms with Crippen LogP contribution in [0.5, 0.6) is 0 Å². The van der Waals surface area contributed by atoms with Gasteiger partial charge in [0.2, 0.25) is 0 Å². The van der Waals surface area contributed by atoms with Crippen LogP contribution in [0.15, 0.2) is 36.4 Å². The number of amides is 1. The summed E-state index contributed by atoms with van der Waals surface area (Å²) >= 11 is 0. The number of aromatic nitrogens is 1. The number of carboxylic acid groups (broad SMARTS) is 1. The molecule has 0 bridgehead atoms. The van der Waals surface area contributed by atoms with Crippen molar-refractivity contribution >= 4 is 22.7 Å². The van der Waals surface area contributed by atoms with Crippen LogP contribution < -0.4 is 5.32 Å². The van der Waals surface area contributed by atoms with E-state index in [4.69, 9.17) is 5.11 Å². The van der Waals surface area contributed by atoms with E-state index in [1.807, 2.05) is 24.3 Å². The van der Waals surface area contributed by atoms with E-state index >= 15 is 0 Å². The molecule has 2 N–H and O–H groups in total. The monoisotopic (exact) mass is 334 g/mol. The first-order valence-electron chi connectivity index (χ1n) is 6.93. The van der Waals surface area contributed by atoms with E-state index in [1.54, 1.807) is 6.26 Å². The molecular formula is C16H18N2O4S. The molecule has 2 aromatic rings. The first-order valence-corrected chi connectivity index (χ1v) is 8.66. The van der Waals surface area contributed by atoms with Gasteiger partial charge in [0.25, 0.3) is 5.91 Å². The minimum Gasteiger partial charge on any atom is -0.477 e. The first kappa shape index (κ1) is 17.0. The summed E-state index contributed by atoms with van der Waals surface area (Å²) in [4.78, 5) is 23.1. The van der Waals surface area contributed by atoms with E-state index in [-0.39, 0.29) is 11.6 Å². The summed E-state index contributed by atoms with van der Waals surface area (Å²) < 4.78 is 12.5. The lowest BCUT2D eigenvalue weighted by atomic mass is 10.1. The predicted octanol–water partition coefficient (Wildman–Crippen LogP) is 1.53. The normalized spacial score (nSPS) is 11.9. The molecule has 1 unspecified atom stereocenters. The highest BCUT2D eigenvalue weighted by Crippen LogP contribution is 2.09. The van der Waals surface area contributed by atoms with Crippen LogP contribution in [0.2, 0.25) is 0 Å². The van der Waals surface area contributed by atoms with Gasteiger partial charge >= 0.3 is 5.97 Å². The van der Waals surface area contributed by atoms with Crippen LogP contribution >= 0.6 is 0 Å². The maximum Gasteiger partial charge on any atom is 0.352 e. The molecule has 0 aliphatic carbocycles. The number of nitrogens with one attached hydrogen (secondary N) is 1. The van der Waals surface area contributed by atoms with Crippen LogP contribution in [0, 0.1) is 0 Å². The second-order valence-corrected chi connectivity index (χ2v) is 6.62. The van der Waals surface area contributed by atoms with Gasteiger partial charge < -0.3 is 15.0 Å². The Morgan fingerprint density at radius 3 is 2.17 bits per heavy atom. The van der Waals surface area contributed by atoms with Crippen LogP contribution in [0.25, 0.3) is 0 Å². The number of hydrogen-bond acceptors (Lipinski definition) is 3. The summed E-state index contributed by atoms with van der Waals surface area (Å²) in [7, 11) is 0.656. The summed E-state index contributed by atoms with van der Waals surface area (Å²) in [5, 5.41) is 11.7. The molecule has 23 heavy (non-hydrogen) atoms. The maximum atomic E-state index is 12.1. The predicted molar refractivity (Wildman–Crippen MR) is 87.8 cm³/mol. The average molecular weight is 334 g/mol. The van der Waals surface area contributed by atoms with Gasteiger partial charge in [-0.15, -0.1) is 0 Å². The summed E-state index contributed by atoms with van der Waals surface area (Å²) in [6.07, 6.45) is 1.65. The fourth-order valence-corrected chi connectivity index (χ4v) is 2.88. The van der Waals surface area contributed by atoms with Crippen molar-refractivity contribution in [3.05, 3.63) is 58.9 Å². The quantitative estimate of drug-likeness (QED) is 0.838. The standard InChI is InChI=1S/C16H18N2O4S/c1-18-13(7-8-14(18)16(20)21)15(19)17-9-11-3-5-12(6-4-11)10-23(2)22/h3-8H,9-10H2,1-2H3,(H,17,19)(H,20,21). The Bertz CT molecular complexity index is 750. The van der Waals surface area contributed by atoms with Crippen LogP contribution in [0.3, 0.4) is 0 Å². The summed E-state index contributed by atoms with van der Waals surface area (Å²) in [5.74, 6) is -0.900. The lowest BCUT2D eigenvalue weighted by Crippen LogP contribution is -2.25. The Kier molecular flexibility index (Phi) is 5.33. The molecule has 0 spiro atoms. The van der Waals surface area contributed by atoms with Crippen LogP contribution in [-0.2, 0) is 30.1 Å². The Hall–Kier alpha value is -2.41. The third-order valence-electron chi connectivity index (χ3n) is 3.42. The molecule has 122 valence electrons. The van der Waals surface area contributed by atoms with Crippen molar-refractivity contribution in [1.82, 2.24) is 9.88 Å². The van der Waals surface area contributed by atoms with Gasteiger partial charge in [0.15, 0.2) is 0 Å². The second kappa shape index (κ2) is 7.23. The zero-order valence-corrected chi connectivity index (χ0v) is 13.7. The zero-order valence-electron chi connectivity index (χ0n) is 12.9. The van der Waals surface area contributed by atoms with Gasteiger partial charge in [-0.05, 0) is 23.3 Å². The largest absolute Gasteiger partial charge is 0.477 e. The topological polar surface area (TPSA) is 88.4 Å². The number of nitrogens with zero attached hydrogens (tertiary/aromatic N) is 1. The van der Waals surface area contributed by atoms with E-state index in [9.17, 15) is 13.8 Å². The van der Waals surface area contributed by atoms with Crippen molar-refractivity contribution in [2.24, 2.45) is 7.05 Å². The molecule has 6 nitrogen and oxygen atoms in total. The zero-order chi connectivity index (χ0) is 17.0. The Morgan fingerprint density at radius 1 is 1.09 bits per heavy atom. The molecule has 0 fully saturated rings. The molecule has 0 aliphatic rings. The fourth-order valence-electron chi connectivity index (χ4n) is 2.21. The molecule has 0 saturated carbocycles. The number of carboxylic acids is 1. The molecule has 1 atom stereocenters. The van der Waals surface area contributed by atoms with Crippen LogP contribution in [0.4, 0.5) is 0 Å². The molecule has 0 aliphatic heterocycles. The highest BCUT2D eigenvalue weighted by molar-refractivity contribution is 7.83. The van der Waals surface area contributed by atoms with Gasteiger partial charge in [-0.1, -0.05) is 24.3 Å². The summed E-state index contributed by atoms with van der Waals surface area (Å²) in [6.45, 7) is 0.335. The minimum absolute atomic E-state index is 0.0621. The summed E-state index contributed by atoms with van der Waals surface area (Å²) in [6, 6.07) is 10.4. The minimum atomic E-state index is -1.07. The van der Waals surface area contributed by atoms with Crippen molar-refractivity contribution in [3.63, 3.8) is 0 Å². The number of rotatable bonds is 6. The van der Waals surface area contributed by atoms with Crippen molar-refractivity contribution < 1.29 is 18.9 Å². The average Bonchev–Trinajstić information content (AvgIpc) is 2.87. The van der Waals surface area contributed by atoms with Crippen molar-refractivity contribution in [3.8, 4) is 0 Å². The Morgan fingerprint density at radius 2 is 1.65 bits per heavy atom. The van der Waals surface area contributed by atoms with Gasteiger partial charge in [0.05, 0.1) is 0 Å². The molecule has 7 heteroatoms. The second-order valence-electron chi connectivity index (χ2n) is 5.18. The van der Waals surface area contributed by atoms with Gasteiger partial charge in [-0.3, -0.25) is 9.00 Å². The SMILES string of the molecule is Cn1c(C(=O)O)ccc1C(=O)NCc1ccc(CS(C)=O)cc1. The van der Waals surface area contributed by atoms with Gasteiger partial charge in [0, 0.05) is 36.4 Å². The molecule has 1 aromatic carbocycles. The molecule has 1 amide bonds. The molecule has 0 radical (unpaired) electrons. The third kappa shape index (κ3) is 4.29. The summed E-state index contributed by atoms with van der Waals surface area (Å²) in [5.41, 5.74) is 2.25. The van der Waals surface area contributed by atoms with E-state index < -0.39 is 16.8 Å². The molecule has 2 rings (SSSR count). The highest BCUT2D eigenvalue weighted by Gasteiger charge is 2.15. The Balaban J connectivity index is 1.99. The number of benzene rings is 1. The lowest BCUT2D eigenvalue weighted by Gasteiger charge is -2.08. The molecular weight excluding hydrogens is 316 g/mol. The molecule has 1 aromatic heterocycles. The van der Waals surface area contributed by atoms with E-state index in [0.717, 1.165) is 11.1 Å². The van der Waals surface area contributed by atoms with Crippen molar-refractivity contribution in [2.75, 3.05) is 6.26 Å². The van der Waals surface area contributed by atoms with E-state index in [2.05, 4.69) is 5.32 Å². The molecule has 1 heterocycles. The third-order valence-corrected chi connectivity index (χ3v) is 4.16. The van der Waals surface area contributed by atoms with Gasteiger partial charge in [-0.25, -0.2) is 4.79 Å². The fraction of sp³-hybridized carbons (Fsp3) is 0.250. The molecule has 0 saturated heterocycles.